The van der Waals surface area contributed by atoms with E-state index in [9.17, 15) is 14.4 Å². The van der Waals surface area contributed by atoms with Gasteiger partial charge < -0.3 is 15.5 Å². The molecule has 1 fully saturated rings. The predicted molar refractivity (Wildman–Crippen MR) is 109 cm³/mol. The minimum atomic E-state index is -0.391. The molecule has 1 aliphatic rings. The zero-order valence-corrected chi connectivity index (χ0v) is 15.8. The van der Waals surface area contributed by atoms with Crippen molar-refractivity contribution in [1.29, 1.82) is 0 Å². The molecule has 0 aliphatic carbocycles. The largest absolute Gasteiger partial charge is 0.338 e. The topological polar surface area (TPSA) is 78.5 Å². The molecule has 6 heteroatoms. The molecule has 28 heavy (non-hydrogen) atoms. The van der Waals surface area contributed by atoms with E-state index in [0.717, 1.165) is 5.56 Å². The van der Waals surface area contributed by atoms with Gasteiger partial charge in [0.25, 0.3) is 5.91 Å². The highest BCUT2D eigenvalue weighted by Crippen LogP contribution is 2.21. The Balaban J connectivity index is 1.62. The second-order valence-electron chi connectivity index (χ2n) is 6.88. The highest BCUT2D eigenvalue weighted by atomic mass is 16.2. The number of rotatable bonds is 6. The quantitative estimate of drug-likeness (QED) is 0.759. The van der Waals surface area contributed by atoms with E-state index in [1.807, 2.05) is 19.1 Å². The number of amides is 3. The minimum absolute atomic E-state index is 0.0424. The fraction of sp³-hybridized carbons (Fsp3) is 0.227. The Labute approximate surface area is 164 Å². The summed E-state index contributed by atoms with van der Waals surface area (Å²) in [6.07, 6.45) is 1.85. The number of nitrogens with zero attached hydrogens (tertiary/aromatic N) is 1. The average Bonchev–Trinajstić information content (AvgIpc) is 3.04. The number of nitrogens with one attached hydrogen (secondary N) is 2. The lowest BCUT2D eigenvalue weighted by molar-refractivity contribution is -0.127. The van der Waals surface area contributed by atoms with Gasteiger partial charge in [0.1, 0.15) is 0 Å². The molecule has 0 saturated carbocycles. The van der Waals surface area contributed by atoms with Gasteiger partial charge in [-0.1, -0.05) is 29.8 Å². The molecule has 0 bridgehead atoms. The van der Waals surface area contributed by atoms with E-state index in [2.05, 4.69) is 17.2 Å². The maximum Gasteiger partial charge on any atom is 0.255 e. The summed E-state index contributed by atoms with van der Waals surface area (Å²) in [6.45, 7) is 6.42. The number of aryl methyl sites for hydroxylation is 1. The molecule has 1 atom stereocenters. The molecule has 1 aliphatic heterocycles. The van der Waals surface area contributed by atoms with Gasteiger partial charge in [-0.15, -0.1) is 6.58 Å². The van der Waals surface area contributed by atoms with Crippen molar-refractivity contribution in [2.24, 2.45) is 5.92 Å². The number of anilines is 2. The highest BCUT2D eigenvalue weighted by Gasteiger charge is 2.33. The van der Waals surface area contributed by atoms with E-state index in [1.54, 1.807) is 47.4 Å². The normalized spacial score (nSPS) is 16.0. The number of likely N-dealkylation sites (tertiary alicyclic amines) is 1. The third-order valence-electron chi connectivity index (χ3n) is 4.64. The van der Waals surface area contributed by atoms with Gasteiger partial charge in [-0.05, 0) is 37.3 Å². The molecule has 2 aromatic carbocycles. The fourth-order valence-corrected chi connectivity index (χ4v) is 3.11. The first-order chi connectivity index (χ1) is 13.5. The molecule has 3 rings (SSSR count). The first kappa shape index (κ1) is 19.4. The summed E-state index contributed by atoms with van der Waals surface area (Å²) in [4.78, 5) is 38.4. The van der Waals surface area contributed by atoms with Gasteiger partial charge >= 0.3 is 0 Å². The van der Waals surface area contributed by atoms with Crippen molar-refractivity contribution < 1.29 is 14.4 Å². The molecule has 0 spiro atoms. The van der Waals surface area contributed by atoms with Crippen LogP contribution in [0.15, 0.2) is 61.2 Å². The van der Waals surface area contributed by atoms with Crippen LogP contribution >= 0.6 is 0 Å². The summed E-state index contributed by atoms with van der Waals surface area (Å²) in [5, 5.41) is 5.66. The van der Waals surface area contributed by atoms with Crippen molar-refractivity contribution in [3.05, 3.63) is 72.3 Å². The van der Waals surface area contributed by atoms with Gasteiger partial charge in [-0.2, -0.15) is 0 Å². The lowest BCUT2D eigenvalue weighted by Gasteiger charge is -2.14. The lowest BCUT2D eigenvalue weighted by atomic mass is 10.1. The van der Waals surface area contributed by atoms with Gasteiger partial charge in [-0.25, -0.2) is 0 Å². The molecule has 0 unspecified atom stereocenters. The molecular weight excluding hydrogens is 354 g/mol. The number of carbonyl (C=O) groups excluding carboxylic acids is 3. The zero-order chi connectivity index (χ0) is 20.1. The predicted octanol–water partition coefficient (Wildman–Crippen LogP) is 3.22. The van der Waals surface area contributed by atoms with Crippen LogP contribution in [0.1, 0.15) is 22.3 Å². The number of hydrogen-bond donors (Lipinski definition) is 2. The van der Waals surface area contributed by atoms with Crippen LogP contribution in [0.5, 0.6) is 0 Å². The zero-order valence-electron chi connectivity index (χ0n) is 15.8. The van der Waals surface area contributed by atoms with Gasteiger partial charge in [0.15, 0.2) is 0 Å². The first-order valence-corrected chi connectivity index (χ1v) is 9.14. The van der Waals surface area contributed by atoms with E-state index in [4.69, 9.17) is 0 Å². The Kier molecular flexibility index (Phi) is 5.89. The number of hydrogen-bond acceptors (Lipinski definition) is 3. The second kappa shape index (κ2) is 8.52. The molecule has 2 aromatic rings. The number of benzene rings is 2. The Hall–Kier alpha value is -3.41. The van der Waals surface area contributed by atoms with Crippen LogP contribution in [0.3, 0.4) is 0 Å². The SMILES string of the molecule is C=CCN1C[C@@H](C(=O)Nc2cccc(NC(=O)c3ccc(C)cc3)c2)CC1=O. The summed E-state index contributed by atoms with van der Waals surface area (Å²) in [5.41, 5.74) is 2.80. The molecule has 0 radical (unpaired) electrons. The molecule has 1 saturated heterocycles. The lowest BCUT2D eigenvalue weighted by Crippen LogP contribution is -2.28. The summed E-state index contributed by atoms with van der Waals surface area (Å²) < 4.78 is 0. The Bertz CT molecular complexity index is 905. The van der Waals surface area contributed by atoms with Crippen molar-refractivity contribution in [3.8, 4) is 0 Å². The molecule has 144 valence electrons. The third-order valence-corrected chi connectivity index (χ3v) is 4.64. The monoisotopic (exact) mass is 377 g/mol. The smallest absolute Gasteiger partial charge is 0.255 e. The van der Waals surface area contributed by atoms with Crippen molar-refractivity contribution in [1.82, 2.24) is 4.90 Å². The standard InChI is InChI=1S/C22H23N3O3/c1-3-11-25-14-17(12-20(25)26)22(28)24-19-6-4-5-18(13-19)23-21(27)16-9-7-15(2)8-10-16/h3-10,13,17H,1,11-12,14H2,2H3,(H,23,27)(H,24,28)/t17-/m0/s1. The van der Waals surface area contributed by atoms with Crippen molar-refractivity contribution >= 4 is 29.1 Å². The maximum absolute atomic E-state index is 12.5. The number of carbonyl (C=O) groups is 3. The van der Waals surface area contributed by atoms with Crippen LogP contribution in [-0.2, 0) is 9.59 Å². The molecule has 0 aromatic heterocycles. The summed E-state index contributed by atoms with van der Waals surface area (Å²) in [5.74, 6) is -0.857. The van der Waals surface area contributed by atoms with Crippen molar-refractivity contribution in [2.75, 3.05) is 23.7 Å². The van der Waals surface area contributed by atoms with Gasteiger partial charge in [0.05, 0.1) is 5.92 Å². The highest BCUT2D eigenvalue weighted by molar-refractivity contribution is 6.05. The van der Waals surface area contributed by atoms with Gasteiger partial charge in [0, 0.05) is 36.4 Å². The van der Waals surface area contributed by atoms with Crippen molar-refractivity contribution in [3.63, 3.8) is 0 Å². The summed E-state index contributed by atoms with van der Waals surface area (Å²) in [6, 6.07) is 14.2. The first-order valence-electron chi connectivity index (χ1n) is 9.14. The molecular formula is C22H23N3O3. The van der Waals surface area contributed by atoms with Crippen LogP contribution in [0.2, 0.25) is 0 Å². The maximum atomic E-state index is 12.5. The van der Waals surface area contributed by atoms with Crippen LogP contribution in [0.4, 0.5) is 11.4 Å². The second-order valence-corrected chi connectivity index (χ2v) is 6.88. The average molecular weight is 377 g/mol. The fourth-order valence-electron chi connectivity index (χ4n) is 3.11. The Morgan fingerprint density at radius 3 is 2.50 bits per heavy atom. The molecule has 6 nitrogen and oxygen atoms in total. The molecule has 2 N–H and O–H groups in total. The van der Waals surface area contributed by atoms with Gasteiger partial charge in [-0.3, -0.25) is 14.4 Å². The van der Waals surface area contributed by atoms with E-state index < -0.39 is 5.92 Å². The van der Waals surface area contributed by atoms with E-state index in [0.29, 0.717) is 30.0 Å². The summed E-state index contributed by atoms with van der Waals surface area (Å²) >= 11 is 0. The molecule has 1 heterocycles. The van der Waals surface area contributed by atoms with Crippen LogP contribution < -0.4 is 10.6 Å². The summed E-state index contributed by atoms with van der Waals surface area (Å²) in [7, 11) is 0. The van der Waals surface area contributed by atoms with Crippen LogP contribution in [0.25, 0.3) is 0 Å². The van der Waals surface area contributed by atoms with E-state index in [-0.39, 0.29) is 24.1 Å². The molecule has 3 amide bonds. The van der Waals surface area contributed by atoms with Crippen LogP contribution in [-0.4, -0.2) is 35.7 Å². The van der Waals surface area contributed by atoms with Crippen LogP contribution in [0, 0.1) is 12.8 Å². The van der Waals surface area contributed by atoms with E-state index in [1.165, 1.54) is 0 Å². The Morgan fingerprint density at radius 1 is 1.14 bits per heavy atom. The Morgan fingerprint density at radius 2 is 1.82 bits per heavy atom. The van der Waals surface area contributed by atoms with E-state index >= 15 is 0 Å². The third kappa shape index (κ3) is 4.65. The van der Waals surface area contributed by atoms with Gasteiger partial charge in [0.2, 0.25) is 11.8 Å². The van der Waals surface area contributed by atoms with Crippen molar-refractivity contribution in [2.45, 2.75) is 13.3 Å². The minimum Gasteiger partial charge on any atom is -0.338 e.